The van der Waals surface area contributed by atoms with E-state index in [0.29, 0.717) is 0 Å². The number of hydrogen-bond donors (Lipinski definition) is 1. The first-order valence-corrected chi connectivity index (χ1v) is 3.78. The SMILES string of the molecule is COc1c([C@@H](C)O)ccc(F)c1F. The molecular weight excluding hydrogens is 178 g/mol. The minimum atomic E-state index is -1.07. The summed E-state index contributed by atoms with van der Waals surface area (Å²) in [5.41, 5.74) is 0.237. The molecule has 1 aromatic rings. The number of halogens is 2. The minimum Gasteiger partial charge on any atom is -0.493 e. The van der Waals surface area contributed by atoms with Crippen LogP contribution in [0.25, 0.3) is 0 Å². The number of rotatable bonds is 2. The van der Waals surface area contributed by atoms with E-state index in [1.54, 1.807) is 0 Å². The van der Waals surface area contributed by atoms with Crippen molar-refractivity contribution < 1.29 is 18.6 Å². The van der Waals surface area contributed by atoms with Gasteiger partial charge in [-0.1, -0.05) is 0 Å². The summed E-state index contributed by atoms with van der Waals surface area (Å²) in [5, 5.41) is 9.18. The molecule has 0 heterocycles. The Bertz CT molecular complexity index is 311. The van der Waals surface area contributed by atoms with E-state index < -0.39 is 17.7 Å². The van der Waals surface area contributed by atoms with Gasteiger partial charge in [0, 0.05) is 5.56 Å². The van der Waals surface area contributed by atoms with Crippen molar-refractivity contribution in [2.24, 2.45) is 0 Å². The molecule has 0 aliphatic heterocycles. The number of hydrogen-bond acceptors (Lipinski definition) is 2. The average molecular weight is 188 g/mol. The van der Waals surface area contributed by atoms with Gasteiger partial charge in [-0.05, 0) is 19.1 Å². The van der Waals surface area contributed by atoms with Gasteiger partial charge in [0.25, 0.3) is 0 Å². The topological polar surface area (TPSA) is 29.5 Å². The Morgan fingerprint density at radius 3 is 2.46 bits per heavy atom. The molecule has 0 saturated carbocycles. The van der Waals surface area contributed by atoms with Crippen molar-refractivity contribution in [2.45, 2.75) is 13.0 Å². The number of aliphatic hydroxyl groups excluding tert-OH is 1. The third-order valence-electron chi connectivity index (χ3n) is 1.73. The summed E-state index contributed by atoms with van der Waals surface area (Å²) in [5.74, 6) is -2.29. The molecule has 1 aromatic carbocycles. The van der Waals surface area contributed by atoms with Crippen LogP contribution in [0.15, 0.2) is 12.1 Å². The summed E-state index contributed by atoms with van der Waals surface area (Å²) in [6.45, 7) is 1.45. The first-order chi connectivity index (χ1) is 6.07. The molecule has 4 heteroatoms. The molecule has 1 rings (SSSR count). The zero-order valence-electron chi connectivity index (χ0n) is 7.34. The summed E-state index contributed by atoms with van der Waals surface area (Å²) in [6.07, 6.45) is -0.884. The van der Waals surface area contributed by atoms with Crippen molar-refractivity contribution in [3.63, 3.8) is 0 Å². The van der Waals surface area contributed by atoms with Gasteiger partial charge in [0.2, 0.25) is 5.82 Å². The second-order valence-electron chi connectivity index (χ2n) is 2.66. The molecule has 0 aliphatic carbocycles. The van der Waals surface area contributed by atoms with Crippen molar-refractivity contribution in [1.82, 2.24) is 0 Å². The number of ether oxygens (including phenoxy) is 1. The van der Waals surface area contributed by atoms with Gasteiger partial charge in [-0.2, -0.15) is 4.39 Å². The van der Waals surface area contributed by atoms with Gasteiger partial charge >= 0.3 is 0 Å². The molecule has 0 amide bonds. The van der Waals surface area contributed by atoms with Crippen LogP contribution in [0.1, 0.15) is 18.6 Å². The van der Waals surface area contributed by atoms with Crippen LogP contribution in [-0.4, -0.2) is 12.2 Å². The Balaban J connectivity index is 3.30. The molecular formula is C9H10F2O2. The lowest BCUT2D eigenvalue weighted by Crippen LogP contribution is -2.00. The monoisotopic (exact) mass is 188 g/mol. The van der Waals surface area contributed by atoms with Crippen LogP contribution in [0, 0.1) is 11.6 Å². The molecule has 0 fully saturated rings. The second kappa shape index (κ2) is 3.70. The Hall–Kier alpha value is -1.16. The summed E-state index contributed by atoms with van der Waals surface area (Å²) in [6, 6.07) is 2.25. The average Bonchev–Trinajstić information content (AvgIpc) is 2.09. The molecule has 72 valence electrons. The van der Waals surface area contributed by atoms with E-state index in [9.17, 15) is 13.9 Å². The number of methoxy groups -OCH3 is 1. The molecule has 2 nitrogen and oxygen atoms in total. The zero-order valence-corrected chi connectivity index (χ0v) is 7.34. The van der Waals surface area contributed by atoms with Crippen molar-refractivity contribution in [1.29, 1.82) is 0 Å². The highest BCUT2D eigenvalue weighted by atomic mass is 19.2. The van der Waals surface area contributed by atoms with Gasteiger partial charge < -0.3 is 9.84 Å². The fraction of sp³-hybridized carbons (Fsp3) is 0.333. The molecule has 1 N–H and O–H groups in total. The van der Waals surface area contributed by atoms with E-state index in [-0.39, 0.29) is 11.3 Å². The highest BCUT2D eigenvalue weighted by Crippen LogP contribution is 2.29. The molecule has 1 atom stereocenters. The van der Waals surface area contributed by atoms with E-state index in [4.69, 9.17) is 0 Å². The third-order valence-corrected chi connectivity index (χ3v) is 1.73. The first kappa shape index (κ1) is 9.92. The van der Waals surface area contributed by atoms with E-state index in [1.165, 1.54) is 20.1 Å². The largest absolute Gasteiger partial charge is 0.493 e. The van der Waals surface area contributed by atoms with Gasteiger partial charge in [0.1, 0.15) is 0 Å². The van der Waals surface area contributed by atoms with E-state index in [1.807, 2.05) is 0 Å². The maximum Gasteiger partial charge on any atom is 0.200 e. The smallest absolute Gasteiger partial charge is 0.200 e. The second-order valence-corrected chi connectivity index (χ2v) is 2.66. The molecule has 0 saturated heterocycles. The third kappa shape index (κ3) is 1.78. The van der Waals surface area contributed by atoms with Crippen molar-refractivity contribution in [2.75, 3.05) is 7.11 Å². The minimum absolute atomic E-state index is 0.237. The molecule has 0 aromatic heterocycles. The van der Waals surface area contributed by atoms with Crippen molar-refractivity contribution in [3.8, 4) is 5.75 Å². The highest BCUT2D eigenvalue weighted by molar-refractivity contribution is 5.36. The lowest BCUT2D eigenvalue weighted by Gasteiger charge is -2.11. The van der Waals surface area contributed by atoms with E-state index in [0.717, 1.165) is 6.07 Å². The summed E-state index contributed by atoms with van der Waals surface area (Å²) < 4.78 is 30.3. The molecule has 0 bridgehead atoms. The molecule has 0 aliphatic rings. The van der Waals surface area contributed by atoms with Gasteiger partial charge in [-0.15, -0.1) is 0 Å². The lowest BCUT2D eigenvalue weighted by atomic mass is 10.1. The van der Waals surface area contributed by atoms with Crippen LogP contribution in [0.2, 0.25) is 0 Å². The highest BCUT2D eigenvalue weighted by Gasteiger charge is 2.16. The fourth-order valence-corrected chi connectivity index (χ4v) is 1.08. The Labute approximate surface area is 74.8 Å². The summed E-state index contributed by atoms with van der Waals surface area (Å²) in [4.78, 5) is 0. The van der Waals surface area contributed by atoms with Crippen LogP contribution < -0.4 is 4.74 Å². The number of benzene rings is 1. The van der Waals surface area contributed by atoms with Gasteiger partial charge in [0.05, 0.1) is 13.2 Å². The van der Waals surface area contributed by atoms with Crippen molar-refractivity contribution in [3.05, 3.63) is 29.3 Å². The van der Waals surface area contributed by atoms with Crippen LogP contribution in [0.4, 0.5) is 8.78 Å². The predicted molar refractivity (Wildman–Crippen MR) is 43.5 cm³/mol. The van der Waals surface area contributed by atoms with Gasteiger partial charge in [-0.25, -0.2) is 4.39 Å². The van der Waals surface area contributed by atoms with E-state index in [2.05, 4.69) is 4.74 Å². The van der Waals surface area contributed by atoms with Crippen LogP contribution in [-0.2, 0) is 0 Å². The molecule has 0 unspecified atom stereocenters. The molecule has 13 heavy (non-hydrogen) atoms. The van der Waals surface area contributed by atoms with Crippen LogP contribution >= 0.6 is 0 Å². The Kier molecular flexibility index (Phi) is 2.83. The zero-order chi connectivity index (χ0) is 10.0. The van der Waals surface area contributed by atoms with Gasteiger partial charge in [-0.3, -0.25) is 0 Å². The maximum absolute atomic E-state index is 13.0. The lowest BCUT2D eigenvalue weighted by molar-refractivity contribution is 0.192. The maximum atomic E-state index is 13.0. The van der Waals surface area contributed by atoms with Gasteiger partial charge in [0.15, 0.2) is 11.6 Å². The Morgan fingerprint density at radius 2 is 2.00 bits per heavy atom. The standard InChI is InChI=1S/C9H10F2O2/c1-5(12)6-3-4-7(10)8(11)9(6)13-2/h3-5,12H,1-2H3/t5-/m1/s1. The molecule has 0 radical (unpaired) electrons. The predicted octanol–water partition coefficient (Wildman–Crippen LogP) is 2.03. The van der Waals surface area contributed by atoms with Crippen LogP contribution in [0.3, 0.4) is 0 Å². The quantitative estimate of drug-likeness (QED) is 0.769. The molecule has 0 spiro atoms. The fourth-order valence-electron chi connectivity index (χ4n) is 1.08. The van der Waals surface area contributed by atoms with Crippen molar-refractivity contribution >= 4 is 0 Å². The first-order valence-electron chi connectivity index (χ1n) is 3.78. The summed E-state index contributed by atoms with van der Waals surface area (Å²) in [7, 11) is 1.23. The number of aliphatic hydroxyl groups is 1. The van der Waals surface area contributed by atoms with E-state index >= 15 is 0 Å². The Morgan fingerprint density at radius 1 is 1.38 bits per heavy atom. The van der Waals surface area contributed by atoms with Crippen LogP contribution in [0.5, 0.6) is 5.75 Å². The normalized spacial score (nSPS) is 12.7. The summed E-state index contributed by atoms with van der Waals surface area (Å²) >= 11 is 0.